The number of hydrogen-bond donors (Lipinski definition) is 1. The van der Waals surface area contributed by atoms with E-state index < -0.39 is 5.92 Å². The summed E-state index contributed by atoms with van der Waals surface area (Å²) in [5.74, 6) is -2.27. The molecule has 0 atom stereocenters. The van der Waals surface area contributed by atoms with Crippen LogP contribution < -0.4 is 5.32 Å². The van der Waals surface area contributed by atoms with Gasteiger partial charge in [-0.05, 0) is 31.1 Å². The maximum absolute atomic E-state index is 13.0. The summed E-state index contributed by atoms with van der Waals surface area (Å²) in [5, 5.41) is 2.90. The van der Waals surface area contributed by atoms with Gasteiger partial charge in [0.15, 0.2) is 0 Å². The van der Waals surface area contributed by atoms with Gasteiger partial charge in [0.25, 0.3) is 0 Å². The summed E-state index contributed by atoms with van der Waals surface area (Å²) in [6, 6.07) is 0. The van der Waals surface area contributed by atoms with E-state index in [1.165, 1.54) is 0 Å². The van der Waals surface area contributed by atoms with Crippen molar-refractivity contribution >= 4 is 17.5 Å². The van der Waals surface area contributed by atoms with Gasteiger partial charge in [-0.1, -0.05) is 13.8 Å². The molecule has 0 unspecified atom stereocenters. The van der Waals surface area contributed by atoms with E-state index in [1.54, 1.807) is 0 Å². The van der Waals surface area contributed by atoms with E-state index in [0.717, 1.165) is 12.8 Å². The van der Waals surface area contributed by atoms with E-state index in [9.17, 15) is 13.6 Å². The zero-order valence-electron chi connectivity index (χ0n) is 11.8. The highest BCUT2D eigenvalue weighted by molar-refractivity contribution is 6.17. The molecule has 0 aromatic heterocycles. The SMILES string of the molecule is CC(C)(CCCCl)CNC(=O)C1CCC(F)(F)CC1. The lowest BCUT2D eigenvalue weighted by molar-refractivity contribution is -0.129. The number of rotatable bonds is 6. The van der Waals surface area contributed by atoms with E-state index in [1.807, 2.05) is 0 Å². The highest BCUT2D eigenvalue weighted by atomic mass is 35.5. The normalized spacial score (nSPS) is 20.3. The quantitative estimate of drug-likeness (QED) is 0.738. The second-order valence-corrected chi connectivity index (χ2v) is 6.68. The topological polar surface area (TPSA) is 29.1 Å². The summed E-state index contributed by atoms with van der Waals surface area (Å²) in [6.45, 7) is 4.74. The van der Waals surface area contributed by atoms with E-state index in [4.69, 9.17) is 11.6 Å². The van der Waals surface area contributed by atoms with Crippen molar-refractivity contribution in [1.82, 2.24) is 5.32 Å². The first-order valence-corrected chi connectivity index (χ1v) is 7.51. The Morgan fingerprint density at radius 1 is 1.37 bits per heavy atom. The summed E-state index contributed by atoms with van der Waals surface area (Å²) in [5.41, 5.74) is 0.00313. The third-order valence-corrected chi connectivity index (χ3v) is 4.08. The molecule has 0 saturated heterocycles. The zero-order valence-corrected chi connectivity index (χ0v) is 12.5. The van der Waals surface area contributed by atoms with E-state index in [0.29, 0.717) is 25.3 Å². The van der Waals surface area contributed by atoms with Crippen molar-refractivity contribution in [1.29, 1.82) is 0 Å². The van der Waals surface area contributed by atoms with Crippen molar-refractivity contribution in [3.63, 3.8) is 0 Å². The van der Waals surface area contributed by atoms with Gasteiger partial charge in [0.05, 0.1) is 0 Å². The van der Waals surface area contributed by atoms with Crippen molar-refractivity contribution in [2.45, 2.75) is 58.3 Å². The van der Waals surface area contributed by atoms with E-state index in [-0.39, 0.29) is 30.1 Å². The molecule has 1 rings (SSSR count). The minimum Gasteiger partial charge on any atom is -0.355 e. The summed E-state index contributed by atoms with van der Waals surface area (Å²) < 4.78 is 26.0. The highest BCUT2D eigenvalue weighted by Gasteiger charge is 2.37. The molecule has 1 aliphatic carbocycles. The molecule has 1 amide bonds. The average molecular weight is 296 g/mol. The molecule has 0 aromatic rings. The summed E-state index contributed by atoms with van der Waals surface area (Å²) in [6.07, 6.45) is 2.11. The van der Waals surface area contributed by atoms with Gasteiger partial charge in [0.1, 0.15) is 0 Å². The molecule has 0 radical (unpaired) electrons. The van der Waals surface area contributed by atoms with Crippen LogP contribution in [-0.4, -0.2) is 24.3 Å². The third kappa shape index (κ3) is 6.07. The maximum atomic E-state index is 13.0. The van der Waals surface area contributed by atoms with Crippen LogP contribution in [0.4, 0.5) is 8.78 Å². The highest BCUT2D eigenvalue weighted by Crippen LogP contribution is 2.36. The van der Waals surface area contributed by atoms with Crippen LogP contribution in [-0.2, 0) is 4.79 Å². The van der Waals surface area contributed by atoms with Gasteiger partial charge in [0.2, 0.25) is 11.8 Å². The number of hydrogen-bond acceptors (Lipinski definition) is 1. The summed E-state index contributed by atoms with van der Waals surface area (Å²) >= 11 is 5.66. The van der Waals surface area contributed by atoms with E-state index >= 15 is 0 Å². The van der Waals surface area contributed by atoms with Gasteiger partial charge < -0.3 is 5.32 Å². The Labute approximate surface area is 119 Å². The fourth-order valence-corrected chi connectivity index (χ4v) is 2.54. The zero-order chi connectivity index (χ0) is 14.5. The maximum Gasteiger partial charge on any atom is 0.248 e. The number of carbonyl (C=O) groups is 1. The monoisotopic (exact) mass is 295 g/mol. The van der Waals surface area contributed by atoms with Crippen molar-refractivity contribution in [2.75, 3.05) is 12.4 Å². The molecule has 2 nitrogen and oxygen atoms in total. The Kier molecular flexibility index (Phi) is 6.03. The molecule has 0 spiro atoms. The molecule has 0 heterocycles. The smallest absolute Gasteiger partial charge is 0.248 e. The largest absolute Gasteiger partial charge is 0.355 e. The standard InChI is InChI=1S/C14H24ClF2NO/c1-13(2,6-3-9-15)10-18-12(19)11-4-7-14(16,17)8-5-11/h11H,3-10H2,1-2H3,(H,18,19). The average Bonchev–Trinajstić information content (AvgIpc) is 2.34. The van der Waals surface area contributed by atoms with Crippen molar-refractivity contribution in [3.05, 3.63) is 0 Å². The van der Waals surface area contributed by atoms with Gasteiger partial charge in [0, 0.05) is 31.2 Å². The Morgan fingerprint density at radius 2 is 1.95 bits per heavy atom. The number of amides is 1. The summed E-state index contributed by atoms with van der Waals surface area (Å²) in [7, 11) is 0. The number of carbonyl (C=O) groups excluding carboxylic acids is 1. The van der Waals surface area contributed by atoms with Gasteiger partial charge in [-0.2, -0.15) is 0 Å². The lowest BCUT2D eigenvalue weighted by Crippen LogP contribution is -2.40. The number of nitrogens with one attached hydrogen (secondary N) is 1. The van der Waals surface area contributed by atoms with Crippen LogP contribution in [0.1, 0.15) is 52.4 Å². The molecule has 1 N–H and O–H groups in total. The Balaban J connectivity index is 2.32. The lowest BCUT2D eigenvalue weighted by Gasteiger charge is -2.29. The van der Waals surface area contributed by atoms with Crippen LogP contribution >= 0.6 is 11.6 Å². The van der Waals surface area contributed by atoms with Gasteiger partial charge >= 0.3 is 0 Å². The Bertz CT molecular complexity index is 298. The number of halogens is 3. The van der Waals surface area contributed by atoms with E-state index in [2.05, 4.69) is 19.2 Å². The molecule has 0 aromatic carbocycles. The van der Waals surface area contributed by atoms with Gasteiger partial charge in [-0.25, -0.2) is 8.78 Å². The van der Waals surface area contributed by atoms with Gasteiger partial charge in [-0.3, -0.25) is 4.79 Å². The first-order chi connectivity index (χ1) is 8.76. The molecule has 1 aliphatic rings. The first kappa shape index (κ1) is 16.7. The molecule has 112 valence electrons. The minimum atomic E-state index is -2.57. The second-order valence-electron chi connectivity index (χ2n) is 6.30. The van der Waals surface area contributed by atoms with Crippen LogP contribution in [0.3, 0.4) is 0 Å². The molecule has 0 bridgehead atoms. The van der Waals surface area contributed by atoms with Crippen molar-refractivity contribution in [2.24, 2.45) is 11.3 Å². The molecule has 5 heteroatoms. The molecule has 0 aliphatic heterocycles. The van der Waals surface area contributed by atoms with Crippen molar-refractivity contribution in [3.8, 4) is 0 Å². The fourth-order valence-electron chi connectivity index (χ4n) is 2.41. The lowest BCUT2D eigenvalue weighted by atomic mass is 9.85. The van der Waals surface area contributed by atoms with Crippen LogP contribution in [0.2, 0.25) is 0 Å². The summed E-state index contributed by atoms with van der Waals surface area (Å²) in [4.78, 5) is 11.9. The second kappa shape index (κ2) is 6.87. The van der Waals surface area contributed by atoms with Crippen molar-refractivity contribution < 1.29 is 13.6 Å². The third-order valence-electron chi connectivity index (χ3n) is 3.82. The Hall–Kier alpha value is -0.380. The first-order valence-electron chi connectivity index (χ1n) is 6.97. The molecule has 1 fully saturated rings. The Morgan fingerprint density at radius 3 is 2.47 bits per heavy atom. The van der Waals surface area contributed by atoms with Crippen LogP contribution in [0, 0.1) is 11.3 Å². The molecule has 1 saturated carbocycles. The van der Waals surface area contributed by atoms with Gasteiger partial charge in [-0.15, -0.1) is 11.6 Å². The fraction of sp³-hybridized carbons (Fsp3) is 0.929. The van der Waals surface area contributed by atoms with Crippen LogP contribution in [0.15, 0.2) is 0 Å². The molecular formula is C14H24ClF2NO. The molecule has 19 heavy (non-hydrogen) atoms. The molecular weight excluding hydrogens is 272 g/mol. The predicted octanol–water partition coefficient (Wildman–Crippen LogP) is 3.97. The number of alkyl halides is 3. The minimum absolute atomic E-state index is 0.00313. The van der Waals surface area contributed by atoms with Crippen LogP contribution in [0.25, 0.3) is 0 Å². The predicted molar refractivity (Wildman–Crippen MR) is 73.6 cm³/mol. The van der Waals surface area contributed by atoms with Crippen LogP contribution in [0.5, 0.6) is 0 Å².